The van der Waals surface area contributed by atoms with E-state index in [1.54, 1.807) is 19.5 Å². The Hall–Kier alpha value is -0.830. The molecule has 1 atom stereocenters. The van der Waals surface area contributed by atoms with E-state index in [4.69, 9.17) is 10.5 Å². The predicted molar refractivity (Wildman–Crippen MR) is 50.3 cm³/mol. The second-order valence-electron chi connectivity index (χ2n) is 2.91. The van der Waals surface area contributed by atoms with Gasteiger partial charge in [-0.3, -0.25) is 4.99 Å². The van der Waals surface area contributed by atoms with Crippen LogP contribution in [0.1, 0.15) is 19.3 Å². The highest BCUT2D eigenvalue weighted by molar-refractivity contribution is 5.79. The number of hydrogen-bond donors (Lipinski definition) is 1. The van der Waals surface area contributed by atoms with Crippen LogP contribution >= 0.6 is 0 Å². The first-order chi connectivity index (χ1) is 5.88. The molecule has 0 aliphatic carbocycles. The Kier molecular flexibility index (Phi) is 3.80. The van der Waals surface area contributed by atoms with Crippen molar-refractivity contribution in [2.45, 2.75) is 25.4 Å². The Balaban J connectivity index is 2.52. The average molecular weight is 168 g/mol. The largest absolute Gasteiger partial charge is 0.404 e. The summed E-state index contributed by atoms with van der Waals surface area (Å²) < 4.78 is 5.54. The number of ether oxygens (including phenoxy) is 1. The summed E-state index contributed by atoms with van der Waals surface area (Å²) in [7, 11) is 1.74. The summed E-state index contributed by atoms with van der Waals surface area (Å²) in [4.78, 5) is 3.93. The molecule has 0 aromatic carbocycles. The van der Waals surface area contributed by atoms with Crippen LogP contribution in [-0.2, 0) is 4.74 Å². The Morgan fingerprint density at radius 3 is 2.92 bits per heavy atom. The minimum Gasteiger partial charge on any atom is -0.404 e. The Morgan fingerprint density at radius 1 is 1.58 bits per heavy atom. The number of nitrogens with zero attached hydrogens (tertiary/aromatic N) is 1. The SMILES string of the molecule is CN=C/C(=C\N)C1CCCCO1. The van der Waals surface area contributed by atoms with E-state index in [-0.39, 0.29) is 6.10 Å². The van der Waals surface area contributed by atoms with Crippen LogP contribution in [0.2, 0.25) is 0 Å². The zero-order chi connectivity index (χ0) is 8.81. The van der Waals surface area contributed by atoms with Crippen LogP contribution in [0, 0.1) is 0 Å². The molecule has 1 rings (SSSR count). The Bertz CT molecular complexity index is 181. The number of aliphatic imine (C=N–C) groups is 1. The van der Waals surface area contributed by atoms with Gasteiger partial charge in [-0.25, -0.2) is 0 Å². The van der Waals surface area contributed by atoms with Gasteiger partial charge in [0.1, 0.15) is 0 Å². The molecule has 1 heterocycles. The molecule has 1 unspecified atom stereocenters. The summed E-state index contributed by atoms with van der Waals surface area (Å²) in [6.45, 7) is 0.847. The van der Waals surface area contributed by atoms with E-state index in [9.17, 15) is 0 Å². The Morgan fingerprint density at radius 2 is 2.42 bits per heavy atom. The van der Waals surface area contributed by atoms with Crippen LogP contribution in [0.4, 0.5) is 0 Å². The first-order valence-electron chi connectivity index (χ1n) is 4.34. The fraction of sp³-hybridized carbons (Fsp3) is 0.667. The molecule has 1 aliphatic rings. The lowest BCUT2D eigenvalue weighted by Crippen LogP contribution is -2.22. The van der Waals surface area contributed by atoms with Crippen LogP contribution in [-0.4, -0.2) is 26.0 Å². The second kappa shape index (κ2) is 4.93. The van der Waals surface area contributed by atoms with Gasteiger partial charge in [-0.05, 0) is 19.3 Å². The highest BCUT2D eigenvalue weighted by Crippen LogP contribution is 2.17. The summed E-state index contributed by atoms with van der Waals surface area (Å²) >= 11 is 0. The van der Waals surface area contributed by atoms with Crippen LogP contribution in [0.15, 0.2) is 16.8 Å². The maximum Gasteiger partial charge on any atom is 0.0853 e. The molecule has 0 bridgehead atoms. The van der Waals surface area contributed by atoms with E-state index >= 15 is 0 Å². The van der Waals surface area contributed by atoms with Gasteiger partial charge in [0.2, 0.25) is 0 Å². The maximum absolute atomic E-state index is 5.54. The van der Waals surface area contributed by atoms with Crippen LogP contribution in [0.5, 0.6) is 0 Å². The van der Waals surface area contributed by atoms with E-state index in [2.05, 4.69) is 4.99 Å². The van der Waals surface area contributed by atoms with Gasteiger partial charge in [0.15, 0.2) is 0 Å². The van der Waals surface area contributed by atoms with Crippen molar-refractivity contribution >= 4 is 6.21 Å². The molecule has 1 saturated heterocycles. The third kappa shape index (κ3) is 2.34. The maximum atomic E-state index is 5.54. The zero-order valence-corrected chi connectivity index (χ0v) is 7.49. The standard InChI is InChI=1S/C9H16N2O/c1-11-7-8(6-10)9-4-2-3-5-12-9/h6-7,9H,2-5,10H2,1H3/b8-6+,11-7?. The van der Waals surface area contributed by atoms with E-state index in [0.29, 0.717) is 0 Å². The van der Waals surface area contributed by atoms with Gasteiger partial charge in [0.05, 0.1) is 6.10 Å². The quantitative estimate of drug-likeness (QED) is 0.627. The van der Waals surface area contributed by atoms with E-state index in [1.807, 2.05) is 0 Å². The van der Waals surface area contributed by atoms with Gasteiger partial charge in [0, 0.05) is 31.6 Å². The number of rotatable bonds is 2. The minimum absolute atomic E-state index is 0.174. The molecular weight excluding hydrogens is 152 g/mol. The molecule has 12 heavy (non-hydrogen) atoms. The van der Waals surface area contributed by atoms with Crippen LogP contribution in [0.25, 0.3) is 0 Å². The summed E-state index contributed by atoms with van der Waals surface area (Å²) in [5.74, 6) is 0. The molecule has 3 heteroatoms. The van der Waals surface area contributed by atoms with Crippen LogP contribution in [0.3, 0.4) is 0 Å². The summed E-state index contributed by atoms with van der Waals surface area (Å²) in [5, 5.41) is 0. The van der Waals surface area contributed by atoms with Crippen LogP contribution < -0.4 is 5.73 Å². The normalized spacial score (nSPS) is 26.4. The first-order valence-corrected chi connectivity index (χ1v) is 4.34. The second-order valence-corrected chi connectivity index (χ2v) is 2.91. The molecule has 1 aliphatic heterocycles. The minimum atomic E-state index is 0.174. The monoisotopic (exact) mass is 168 g/mol. The first kappa shape index (κ1) is 9.26. The van der Waals surface area contributed by atoms with E-state index in [1.165, 1.54) is 6.42 Å². The summed E-state index contributed by atoms with van der Waals surface area (Å²) in [6.07, 6.45) is 6.98. The third-order valence-electron chi connectivity index (χ3n) is 2.02. The molecule has 0 spiro atoms. The zero-order valence-electron chi connectivity index (χ0n) is 7.49. The predicted octanol–water partition coefficient (Wildman–Crippen LogP) is 1.10. The van der Waals surface area contributed by atoms with Crippen molar-refractivity contribution in [3.05, 3.63) is 11.8 Å². The lowest BCUT2D eigenvalue weighted by Gasteiger charge is -2.22. The summed E-state index contributed by atoms with van der Waals surface area (Å²) in [6, 6.07) is 0. The number of nitrogens with two attached hydrogens (primary N) is 1. The molecule has 0 amide bonds. The van der Waals surface area contributed by atoms with Gasteiger partial charge in [-0.1, -0.05) is 0 Å². The van der Waals surface area contributed by atoms with Crippen molar-refractivity contribution in [2.75, 3.05) is 13.7 Å². The lowest BCUT2D eigenvalue weighted by molar-refractivity contribution is 0.0430. The molecular formula is C9H16N2O. The van der Waals surface area contributed by atoms with Gasteiger partial charge >= 0.3 is 0 Å². The van der Waals surface area contributed by atoms with Gasteiger partial charge in [-0.15, -0.1) is 0 Å². The average Bonchev–Trinajstić information content (AvgIpc) is 2.15. The van der Waals surface area contributed by atoms with Crippen molar-refractivity contribution in [1.82, 2.24) is 0 Å². The molecule has 0 radical (unpaired) electrons. The van der Waals surface area contributed by atoms with Gasteiger partial charge in [-0.2, -0.15) is 0 Å². The summed E-state index contributed by atoms with van der Waals surface area (Å²) in [5.41, 5.74) is 6.45. The molecule has 0 saturated carbocycles. The van der Waals surface area contributed by atoms with Gasteiger partial charge in [0.25, 0.3) is 0 Å². The smallest absolute Gasteiger partial charge is 0.0853 e. The lowest BCUT2D eigenvalue weighted by atomic mass is 10.0. The van der Waals surface area contributed by atoms with Crippen molar-refractivity contribution in [2.24, 2.45) is 10.7 Å². The molecule has 3 nitrogen and oxygen atoms in total. The van der Waals surface area contributed by atoms with E-state index in [0.717, 1.165) is 25.0 Å². The number of hydrogen-bond acceptors (Lipinski definition) is 3. The highest BCUT2D eigenvalue weighted by Gasteiger charge is 2.16. The molecule has 2 N–H and O–H groups in total. The van der Waals surface area contributed by atoms with E-state index < -0.39 is 0 Å². The Labute approximate surface area is 73.3 Å². The topological polar surface area (TPSA) is 47.6 Å². The molecule has 0 aromatic rings. The molecule has 0 aromatic heterocycles. The molecule has 68 valence electrons. The van der Waals surface area contributed by atoms with Gasteiger partial charge < -0.3 is 10.5 Å². The van der Waals surface area contributed by atoms with Crippen molar-refractivity contribution < 1.29 is 4.74 Å². The fourth-order valence-electron chi connectivity index (χ4n) is 1.39. The third-order valence-corrected chi connectivity index (χ3v) is 2.02. The fourth-order valence-corrected chi connectivity index (χ4v) is 1.39. The molecule has 1 fully saturated rings. The highest BCUT2D eigenvalue weighted by atomic mass is 16.5. The van der Waals surface area contributed by atoms with Crippen molar-refractivity contribution in [1.29, 1.82) is 0 Å². The van der Waals surface area contributed by atoms with Crippen molar-refractivity contribution in [3.63, 3.8) is 0 Å². The van der Waals surface area contributed by atoms with Crippen molar-refractivity contribution in [3.8, 4) is 0 Å².